The second-order valence-electron chi connectivity index (χ2n) is 11.0. The maximum atomic E-state index is 13.8. The van der Waals surface area contributed by atoms with E-state index in [2.05, 4.69) is 40.2 Å². The van der Waals surface area contributed by atoms with Crippen molar-refractivity contribution >= 4 is 30.4 Å². The molecule has 3 aromatic carbocycles. The van der Waals surface area contributed by atoms with Crippen LogP contribution in [-0.4, -0.2) is 51.2 Å². The number of nitrogens with zero attached hydrogens (tertiary/aromatic N) is 1. The Labute approximate surface area is 264 Å². The van der Waals surface area contributed by atoms with Crippen molar-refractivity contribution in [3.8, 4) is 0 Å². The highest BCUT2D eigenvalue weighted by atomic mass is 32.1. The van der Waals surface area contributed by atoms with E-state index < -0.39 is 5.97 Å². The predicted octanol–water partition coefficient (Wildman–Crippen LogP) is 5.29. The van der Waals surface area contributed by atoms with Gasteiger partial charge in [-0.25, -0.2) is 9.78 Å². The Morgan fingerprint density at radius 1 is 0.886 bits per heavy atom. The highest BCUT2D eigenvalue weighted by Crippen LogP contribution is 2.17. The van der Waals surface area contributed by atoms with Crippen LogP contribution >= 0.6 is 12.6 Å². The van der Waals surface area contributed by atoms with Crippen molar-refractivity contribution in [3.05, 3.63) is 124 Å². The fourth-order valence-electron chi connectivity index (χ4n) is 5.04. The predicted molar refractivity (Wildman–Crippen MR) is 175 cm³/mol. The molecule has 0 saturated carbocycles. The number of hydrogen-bond acceptors (Lipinski definition) is 5. The second-order valence-corrected chi connectivity index (χ2v) is 11.3. The Balaban J connectivity index is 1.51. The van der Waals surface area contributed by atoms with E-state index in [1.54, 1.807) is 24.3 Å². The molecule has 9 heteroatoms. The van der Waals surface area contributed by atoms with E-state index in [1.807, 2.05) is 60.7 Å². The average Bonchev–Trinajstić information content (AvgIpc) is 3.45. The summed E-state index contributed by atoms with van der Waals surface area (Å²) in [6.07, 6.45) is 4.13. The topological polar surface area (TPSA) is 124 Å². The van der Waals surface area contributed by atoms with Gasteiger partial charge in [-0.05, 0) is 48.1 Å². The van der Waals surface area contributed by atoms with Gasteiger partial charge in [-0.15, -0.1) is 0 Å². The highest BCUT2D eigenvalue weighted by Gasteiger charge is 2.23. The quantitative estimate of drug-likeness (QED) is 0.110. The number of carboxylic acids is 1. The molecule has 0 radical (unpaired) electrons. The number of nitrogens with one attached hydrogen (secondary N) is 3. The number of thiol groups is 1. The molecule has 1 unspecified atom stereocenters. The van der Waals surface area contributed by atoms with Crippen molar-refractivity contribution in [3.63, 3.8) is 0 Å². The molecule has 4 rings (SSSR count). The van der Waals surface area contributed by atoms with E-state index in [-0.39, 0.29) is 35.9 Å². The smallest absolute Gasteiger partial charge is 0.335 e. The lowest BCUT2D eigenvalue weighted by Gasteiger charge is -2.21. The van der Waals surface area contributed by atoms with Gasteiger partial charge in [0.25, 0.3) is 5.91 Å². The van der Waals surface area contributed by atoms with Crippen LogP contribution < -0.4 is 10.6 Å². The third-order valence-electron chi connectivity index (χ3n) is 7.49. The number of H-pyrrole nitrogens is 1. The summed E-state index contributed by atoms with van der Waals surface area (Å²) in [6.45, 7) is 2.35. The first-order chi connectivity index (χ1) is 21.4. The molecular weight excluding hydrogens is 572 g/mol. The van der Waals surface area contributed by atoms with E-state index in [0.717, 1.165) is 35.4 Å². The molecule has 0 aliphatic heterocycles. The molecule has 2 amide bonds. The first kappa shape index (κ1) is 32.5. The molecule has 1 aromatic heterocycles. The Morgan fingerprint density at radius 3 is 2.11 bits per heavy atom. The summed E-state index contributed by atoms with van der Waals surface area (Å²) in [5.41, 5.74) is 4.14. The number of unbranched alkanes of at least 4 members (excludes halogenated alkanes) is 1. The van der Waals surface area contributed by atoms with Crippen LogP contribution in [0.2, 0.25) is 0 Å². The number of carbonyl (C=O) groups excluding carboxylic acids is 2. The van der Waals surface area contributed by atoms with Crippen molar-refractivity contribution in [1.82, 2.24) is 20.6 Å². The minimum atomic E-state index is -0.989. The number of hydrogen-bond donors (Lipinski definition) is 5. The number of rotatable bonds is 16. The van der Waals surface area contributed by atoms with Crippen molar-refractivity contribution < 1.29 is 19.5 Å². The third kappa shape index (κ3) is 9.57. The molecule has 0 saturated heterocycles. The fraction of sp³-hybridized carbons (Fsp3) is 0.314. The van der Waals surface area contributed by atoms with Crippen LogP contribution in [0, 0.1) is 5.92 Å². The monoisotopic (exact) mass is 612 g/mol. The van der Waals surface area contributed by atoms with Crippen LogP contribution in [0.25, 0.3) is 0 Å². The molecule has 1 heterocycles. The number of aromatic carboxylic acids is 1. The molecule has 44 heavy (non-hydrogen) atoms. The first-order valence-corrected chi connectivity index (χ1v) is 15.7. The van der Waals surface area contributed by atoms with Gasteiger partial charge in [-0.1, -0.05) is 86.1 Å². The fourth-order valence-corrected chi connectivity index (χ4v) is 5.34. The van der Waals surface area contributed by atoms with E-state index in [1.165, 1.54) is 0 Å². The Hall–Kier alpha value is -4.37. The minimum absolute atomic E-state index is 0.108. The van der Waals surface area contributed by atoms with E-state index in [9.17, 15) is 19.5 Å². The van der Waals surface area contributed by atoms with E-state index in [4.69, 9.17) is 0 Å². The molecule has 8 nitrogen and oxygen atoms in total. The lowest BCUT2D eigenvalue weighted by Crippen LogP contribution is -2.47. The number of amides is 2. The van der Waals surface area contributed by atoms with Crippen molar-refractivity contribution in [2.75, 3.05) is 12.3 Å². The summed E-state index contributed by atoms with van der Waals surface area (Å²) in [5.74, 6) is -0.590. The molecule has 2 atom stereocenters. The van der Waals surface area contributed by atoms with Gasteiger partial charge in [0, 0.05) is 25.1 Å². The largest absolute Gasteiger partial charge is 0.478 e. The lowest BCUT2D eigenvalue weighted by atomic mass is 9.99. The van der Waals surface area contributed by atoms with Crippen LogP contribution in [0.3, 0.4) is 0 Å². The van der Waals surface area contributed by atoms with Gasteiger partial charge in [-0.3, -0.25) is 9.59 Å². The molecule has 0 aliphatic rings. The summed E-state index contributed by atoms with van der Waals surface area (Å²) in [6, 6.07) is 25.9. The van der Waals surface area contributed by atoms with Crippen molar-refractivity contribution in [1.29, 1.82) is 0 Å². The normalized spacial score (nSPS) is 12.3. The summed E-state index contributed by atoms with van der Waals surface area (Å²) in [7, 11) is 0. The Kier molecular flexibility index (Phi) is 12.2. The zero-order valence-corrected chi connectivity index (χ0v) is 25.9. The summed E-state index contributed by atoms with van der Waals surface area (Å²) in [5, 5.41) is 15.4. The zero-order chi connectivity index (χ0) is 31.3. The lowest BCUT2D eigenvalue weighted by molar-refractivity contribution is -0.124. The van der Waals surface area contributed by atoms with Gasteiger partial charge in [0.2, 0.25) is 5.91 Å². The third-order valence-corrected chi connectivity index (χ3v) is 7.93. The number of aromatic amines is 1. The molecule has 0 bridgehead atoms. The SMILES string of the molecule is CCCCc1nc(C(=O)N[C@H](CNC(=O)C(CS)Cc2ccccc2)Cc2ccccc2)c(Cc2ccc(C(=O)O)cc2)[nH]1. The summed E-state index contributed by atoms with van der Waals surface area (Å²) < 4.78 is 0. The number of carbonyl (C=O) groups is 3. The van der Waals surface area contributed by atoms with Crippen LogP contribution in [0.15, 0.2) is 84.9 Å². The van der Waals surface area contributed by atoms with Crippen molar-refractivity contribution in [2.24, 2.45) is 5.92 Å². The Bertz CT molecular complexity index is 1510. The molecule has 0 fully saturated rings. The molecule has 4 aromatic rings. The van der Waals surface area contributed by atoms with Crippen LogP contribution in [0.4, 0.5) is 0 Å². The number of imidazole rings is 1. The van der Waals surface area contributed by atoms with Gasteiger partial charge in [0.1, 0.15) is 11.5 Å². The van der Waals surface area contributed by atoms with Gasteiger partial charge >= 0.3 is 5.97 Å². The number of aromatic nitrogens is 2. The highest BCUT2D eigenvalue weighted by molar-refractivity contribution is 7.80. The van der Waals surface area contributed by atoms with Crippen LogP contribution in [-0.2, 0) is 30.5 Å². The maximum Gasteiger partial charge on any atom is 0.335 e. The molecule has 0 spiro atoms. The van der Waals surface area contributed by atoms with Crippen LogP contribution in [0.5, 0.6) is 0 Å². The van der Waals surface area contributed by atoms with Crippen molar-refractivity contribution in [2.45, 2.75) is 51.5 Å². The number of benzene rings is 3. The number of aryl methyl sites for hydroxylation is 1. The van der Waals surface area contributed by atoms with Gasteiger partial charge in [-0.2, -0.15) is 12.6 Å². The van der Waals surface area contributed by atoms with Gasteiger partial charge in [0.15, 0.2) is 0 Å². The summed E-state index contributed by atoms with van der Waals surface area (Å²) in [4.78, 5) is 46.3. The second kappa shape index (κ2) is 16.5. The number of carboxylic acid groups (broad SMARTS) is 1. The molecule has 0 aliphatic carbocycles. The average molecular weight is 613 g/mol. The zero-order valence-electron chi connectivity index (χ0n) is 25.0. The minimum Gasteiger partial charge on any atom is -0.478 e. The maximum absolute atomic E-state index is 13.8. The molecular formula is C35H40N4O4S. The standard InChI is InChI=1S/C35H40N4O4S/c1-2-3-14-31-38-30(21-26-15-17-27(18-16-26)35(42)43)32(39-31)34(41)37-29(20-25-12-8-5-9-13-25)22-36-33(40)28(23-44)19-24-10-6-4-7-11-24/h4-13,15-18,28-29,44H,2-3,14,19-23H2,1H3,(H,36,40)(H,37,41)(H,38,39)(H,42,43)/t28?,29-/m0/s1. The van der Waals surface area contributed by atoms with Gasteiger partial charge in [0.05, 0.1) is 23.2 Å². The van der Waals surface area contributed by atoms with Gasteiger partial charge < -0.3 is 20.7 Å². The van der Waals surface area contributed by atoms with Crippen LogP contribution in [0.1, 0.15) is 68.8 Å². The molecule has 4 N–H and O–H groups in total. The molecule has 230 valence electrons. The summed E-state index contributed by atoms with van der Waals surface area (Å²) >= 11 is 4.44. The van der Waals surface area contributed by atoms with E-state index in [0.29, 0.717) is 42.8 Å². The first-order valence-electron chi connectivity index (χ1n) is 15.0. The Morgan fingerprint density at radius 2 is 1.52 bits per heavy atom. The van der Waals surface area contributed by atoms with E-state index >= 15 is 0 Å².